The highest BCUT2D eigenvalue weighted by molar-refractivity contribution is 5.96. The first kappa shape index (κ1) is 12.1. The second-order valence-electron chi connectivity index (χ2n) is 3.43. The Labute approximate surface area is 78.3 Å². The molecule has 76 valence electrons. The Bertz CT molecular complexity index is 189. The van der Waals surface area contributed by atoms with E-state index in [9.17, 15) is 9.59 Å². The maximum atomic E-state index is 11.0. The van der Waals surface area contributed by atoms with E-state index in [1.165, 1.54) is 6.92 Å². The van der Waals surface area contributed by atoms with Gasteiger partial charge in [0.2, 0.25) is 5.91 Å². The van der Waals surface area contributed by atoms with Crippen molar-refractivity contribution >= 4 is 11.7 Å². The largest absolute Gasteiger partial charge is 0.393 e. The minimum Gasteiger partial charge on any atom is -0.393 e. The van der Waals surface area contributed by atoms with Gasteiger partial charge in [0.1, 0.15) is 5.78 Å². The molecule has 1 amide bonds. The van der Waals surface area contributed by atoms with E-state index < -0.39 is 6.10 Å². The van der Waals surface area contributed by atoms with Crippen LogP contribution in [0.3, 0.4) is 0 Å². The van der Waals surface area contributed by atoms with Crippen LogP contribution >= 0.6 is 0 Å². The second kappa shape index (κ2) is 5.70. The molecule has 0 aromatic rings. The fraction of sp³-hybridized carbons (Fsp3) is 0.778. The molecule has 0 aromatic carbocycles. The van der Waals surface area contributed by atoms with Gasteiger partial charge in [0, 0.05) is 6.04 Å². The summed E-state index contributed by atoms with van der Waals surface area (Å²) in [5.41, 5.74) is 0. The zero-order chi connectivity index (χ0) is 10.4. The quantitative estimate of drug-likeness (QED) is 0.606. The molecular formula is C9H17NO3. The lowest BCUT2D eigenvalue weighted by molar-refractivity contribution is -0.127. The fourth-order valence-corrected chi connectivity index (χ4v) is 1.12. The van der Waals surface area contributed by atoms with Crippen molar-refractivity contribution in [3.8, 4) is 0 Å². The Morgan fingerprint density at radius 1 is 1.38 bits per heavy atom. The predicted octanol–water partition coefficient (Wildman–Crippen LogP) is 0.241. The zero-order valence-corrected chi connectivity index (χ0v) is 8.33. The van der Waals surface area contributed by atoms with Gasteiger partial charge in [-0.15, -0.1) is 0 Å². The molecule has 0 saturated heterocycles. The van der Waals surface area contributed by atoms with E-state index in [2.05, 4.69) is 5.32 Å². The maximum absolute atomic E-state index is 11.0. The molecule has 13 heavy (non-hydrogen) atoms. The molecule has 0 rings (SSSR count). The number of ketones is 1. The Hall–Kier alpha value is -0.900. The van der Waals surface area contributed by atoms with Crippen LogP contribution in [-0.2, 0) is 9.59 Å². The molecule has 0 aliphatic rings. The van der Waals surface area contributed by atoms with Gasteiger partial charge in [0.05, 0.1) is 12.5 Å². The summed E-state index contributed by atoms with van der Waals surface area (Å²) >= 11 is 0. The van der Waals surface area contributed by atoms with Crippen molar-refractivity contribution in [3.63, 3.8) is 0 Å². The van der Waals surface area contributed by atoms with E-state index >= 15 is 0 Å². The molecule has 0 fully saturated rings. The minimum absolute atomic E-state index is 0.0792. The number of amides is 1. The van der Waals surface area contributed by atoms with Crippen LogP contribution in [0.25, 0.3) is 0 Å². The Balaban J connectivity index is 3.71. The van der Waals surface area contributed by atoms with Crippen LogP contribution in [0.2, 0.25) is 0 Å². The van der Waals surface area contributed by atoms with Gasteiger partial charge < -0.3 is 10.4 Å². The fourth-order valence-electron chi connectivity index (χ4n) is 1.12. The monoisotopic (exact) mass is 187 g/mol. The summed E-state index contributed by atoms with van der Waals surface area (Å²) in [7, 11) is 0. The summed E-state index contributed by atoms with van der Waals surface area (Å²) in [5.74, 6) is -0.428. The molecule has 0 saturated carbocycles. The SMILES string of the molecule is CC(=O)CC(=O)NC(C)CC(C)O. The molecule has 0 spiro atoms. The summed E-state index contributed by atoms with van der Waals surface area (Å²) in [4.78, 5) is 21.6. The zero-order valence-electron chi connectivity index (χ0n) is 8.33. The standard InChI is InChI=1S/C9H17NO3/c1-6(4-7(2)11)10-9(13)5-8(3)12/h6-7,11H,4-5H2,1-3H3,(H,10,13). The molecule has 4 nitrogen and oxygen atoms in total. The number of rotatable bonds is 5. The Morgan fingerprint density at radius 2 is 1.92 bits per heavy atom. The van der Waals surface area contributed by atoms with E-state index in [0.717, 1.165) is 0 Å². The molecule has 2 atom stereocenters. The van der Waals surface area contributed by atoms with E-state index in [4.69, 9.17) is 5.11 Å². The summed E-state index contributed by atoms with van der Waals surface area (Å²) in [6.07, 6.45) is -0.0130. The van der Waals surface area contributed by atoms with Gasteiger partial charge in [-0.3, -0.25) is 9.59 Å². The predicted molar refractivity (Wildman–Crippen MR) is 49.2 cm³/mol. The first-order valence-corrected chi connectivity index (χ1v) is 4.38. The molecule has 0 aliphatic heterocycles. The molecule has 2 N–H and O–H groups in total. The Morgan fingerprint density at radius 3 is 2.31 bits per heavy atom. The summed E-state index contributed by atoms with van der Waals surface area (Å²) in [6.45, 7) is 4.83. The van der Waals surface area contributed by atoms with Gasteiger partial charge in [0.25, 0.3) is 0 Å². The number of hydrogen-bond donors (Lipinski definition) is 2. The van der Waals surface area contributed by atoms with Crippen LogP contribution in [0.15, 0.2) is 0 Å². The van der Waals surface area contributed by atoms with Gasteiger partial charge in [-0.05, 0) is 27.2 Å². The van der Waals surface area contributed by atoms with Crippen LogP contribution in [0.1, 0.15) is 33.6 Å². The van der Waals surface area contributed by atoms with Crippen LogP contribution in [0.4, 0.5) is 0 Å². The number of hydrogen-bond acceptors (Lipinski definition) is 3. The van der Waals surface area contributed by atoms with Gasteiger partial charge in [-0.25, -0.2) is 0 Å². The highest BCUT2D eigenvalue weighted by atomic mass is 16.3. The highest BCUT2D eigenvalue weighted by Crippen LogP contribution is 1.96. The molecule has 0 aromatic heterocycles. The third kappa shape index (κ3) is 7.46. The molecule has 2 unspecified atom stereocenters. The van der Waals surface area contributed by atoms with Crippen molar-refractivity contribution in [2.24, 2.45) is 0 Å². The van der Waals surface area contributed by atoms with Crippen molar-refractivity contribution in [1.29, 1.82) is 0 Å². The lowest BCUT2D eigenvalue weighted by Crippen LogP contribution is -2.35. The van der Waals surface area contributed by atoms with Crippen molar-refractivity contribution in [1.82, 2.24) is 5.32 Å². The number of aliphatic hydroxyl groups excluding tert-OH is 1. The summed E-state index contributed by atoms with van der Waals surface area (Å²) < 4.78 is 0. The molecule has 0 radical (unpaired) electrons. The van der Waals surface area contributed by atoms with Gasteiger partial charge in [0.15, 0.2) is 0 Å². The average Bonchev–Trinajstić information content (AvgIpc) is 1.80. The lowest BCUT2D eigenvalue weighted by atomic mass is 10.1. The number of carbonyl (C=O) groups is 2. The van der Waals surface area contributed by atoms with Gasteiger partial charge in [-0.2, -0.15) is 0 Å². The molecular weight excluding hydrogens is 170 g/mol. The van der Waals surface area contributed by atoms with Crippen molar-refractivity contribution < 1.29 is 14.7 Å². The summed E-state index contributed by atoms with van der Waals surface area (Å²) in [6, 6.07) is -0.0909. The molecule has 0 heterocycles. The van der Waals surface area contributed by atoms with Gasteiger partial charge >= 0.3 is 0 Å². The van der Waals surface area contributed by atoms with Crippen molar-refractivity contribution in [2.45, 2.75) is 45.8 Å². The van der Waals surface area contributed by atoms with Crippen LogP contribution in [-0.4, -0.2) is 28.9 Å². The first-order valence-electron chi connectivity index (χ1n) is 4.38. The maximum Gasteiger partial charge on any atom is 0.227 e. The first-order chi connectivity index (χ1) is 5.91. The number of Topliss-reactive ketones (excluding diaryl/α,β-unsaturated/α-hetero) is 1. The Kier molecular flexibility index (Phi) is 5.30. The molecule has 0 bridgehead atoms. The third-order valence-corrected chi connectivity index (χ3v) is 1.51. The topological polar surface area (TPSA) is 66.4 Å². The van der Waals surface area contributed by atoms with E-state index in [0.29, 0.717) is 6.42 Å². The second-order valence-corrected chi connectivity index (χ2v) is 3.43. The van der Waals surface area contributed by atoms with E-state index in [1.54, 1.807) is 13.8 Å². The number of carbonyl (C=O) groups excluding carboxylic acids is 2. The molecule has 4 heteroatoms. The van der Waals surface area contributed by atoms with E-state index in [-0.39, 0.29) is 24.2 Å². The van der Waals surface area contributed by atoms with Crippen LogP contribution in [0.5, 0.6) is 0 Å². The minimum atomic E-state index is -0.437. The normalized spacial score (nSPS) is 14.8. The lowest BCUT2D eigenvalue weighted by Gasteiger charge is -2.14. The number of nitrogens with one attached hydrogen (secondary N) is 1. The third-order valence-electron chi connectivity index (χ3n) is 1.51. The average molecular weight is 187 g/mol. The summed E-state index contributed by atoms with van der Waals surface area (Å²) in [5, 5.41) is 11.6. The number of aliphatic hydroxyl groups is 1. The smallest absolute Gasteiger partial charge is 0.227 e. The van der Waals surface area contributed by atoms with Gasteiger partial charge in [-0.1, -0.05) is 0 Å². The highest BCUT2D eigenvalue weighted by Gasteiger charge is 2.10. The van der Waals surface area contributed by atoms with E-state index in [1.807, 2.05) is 0 Å². The van der Waals surface area contributed by atoms with Crippen LogP contribution in [0, 0.1) is 0 Å². The van der Waals surface area contributed by atoms with Crippen molar-refractivity contribution in [3.05, 3.63) is 0 Å². The molecule has 0 aliphatic carbocycles. The van der Waals surface area contributed by atoms with Crippen LogP contribution < -0.4 is 5.32 Å². The van der Waals surface area contributed by atoms with Crippen molar-refractivity contribution in [2.75, 3.05) is 0 Å².